The lowest BCUT2D eigenvalue weighted by atomic mass is 10.0. The zero-order valence-corrected chi connectivity index (χ0v) is 24.1. The largest absolute Gasteiger partial charge is 0.357 e. The fourth-order valence-electron chi connectivity index (χ4n) is 4.16. The van der Waals surface area contributed by atoms with Crippen LogP contribution >= 0.6 is 23.2 Å². The van der Waals surface area contributed by atoms with Gasteiger partial charge in [0, 0.05) is 35.6 Å². The maximum atomic E-state index is 14.0. The molecular weight excluding hydrogens is 545 g/mol. The lowest BCUT2D eigenvalue weighted by molar-refractivity contribution is -0.139. The van der Waals surface area contributed by atoms with E-state index in [1.807, 2.05) is 43.3 Å². The summed E-state index contributed by atoms with van der Waals surface area (Å²) in [6, 6.07) is 18.7. The molecule has 7 nitrogen and oxygen atoms in total. The minimum absolute atomic E-state index is 0.0906. The molecule has 0 fully saturated rings. The highest BCUT2D eigenvalue weighted by Gasteiger charge is 2.33. The molecule has 0 aliphatic carbocycles. The van der Waals surface area contributed by atoms with Crippen LogP contribution in [0.5, 0.6) is 0 Å². The molecule has 0 saturated carbocycles. The molecule has 0 unspecified atom stereocenters. The molecule has 0 bridgehead atoms. The molecule has 2 amide bonds. The predicted molar refractivity (Wildman–Crippen MR) is 153 cm³/mol. The average Bonchev–Trinajstić information content (AvgIpc) is 2.87. The van der Waals surface area contributed by atoms with E-state index >= 15 is 0 Å². The Kier molecular flexibility index (Phi) is 9.82. The number of rotatable bonds is 10. The fourth-order valence-corrected chi connectivity index (χ4v) is 5.57. The summed E-state index contributed by atoms with van der Waals surface area (Å²) >= 11 is 12.9. The van der Waals surface area contributed by atoms with Crippen LogP contribution < -0.4 is 9.62 Å². The first-order chi connectivity index (χ1) is 17.9. The Morgan fingerprint density at radius 1 is 0.947 bits per heavy atom. The minimum Gasteiger partial charge on any atom is -0.357 e. The van der Waals surface area contributed by atoms with Gasteiger partial charge < -0.3 is 10.2 Å². The number of carbonyl (C=O) groups excluding carboxylic acids is 2. The van der Waals surface area contributed by atoms with Gasteiger partial charge in [0.15, 0.2) is 0 Å². The van der Waals surface area contributed by atoms with Gasteiger partial charge >= 0.3 is 0 Å². The molecule has 0 aromatic heterocycles. The van der Waals surface area contributed by atoms with E-state index in [2.05, 4.69) is 5.32 Å². The number of sulfonamides is 1. The molecule has 1 N–H and O–H groups in total. The molecule has 0 radical (unpaired) electrons. The Hall–Kier alpha value is -3.07. The summed E-state index contributed by atoms with van der Waals surface area (Å²) in [5.41, 5.74) is 3.24. The maximum Gasteiger partial charge on any atom is 0.244 e. The summed E-state index contributed by atoms with van der Waals surface area (Å²) in [5.74, 6) is -0.972. The van der Waals surface area contributed by atoms with Gasteiger partial charge in [-0.3, -0.25) is 13.9 Å². The average molecular weight is 577 g/mol. The van der Waals surface area contributed by atoms with Crippen LogP contribution in [0.2, 0.25) is 10.0 Å². The van der Waals surface area contributed by atoms with E-state index in [1.165, 1.54) is 11.9 Å². The van der Waals surface area contributed by atoms with Crippen molar-refractivity contribution < 1.29 is 18.0 Å². The molecule has 38 heavy (non-hydrogen) atoms. The van der Waals surface area contributed by atoms with Crippen LogP contribution in [0.15, 0.2) is 66.7 Å². The smallest absolute Gasteiger partial charge is 0.244 e. The first kappa shape index (κ1) is 29.5. The third kappa shape index (κ3) is 7.28. The first-order valence-corrected chi connectivity index (χ1v) is 14.6. The molecule has 0 aliphatic heterocycles. The molecule has 3 aromatic carbocycles. The summed E-state index contributed by atoms with van der Waals surface area (Å²) in [6.45, 7) is 3.03. The van der Waals surface area contributed by atoms with Crippen molar-refractivity contribution in [1.82, 2.24) is 10.2 Å². The van der Waals surface area contributed by atoms with E-state index in [1.54, 1.807) is 37.3 Å². The van der Waals surface area contributed by atoms with Gasteiger partial charge in [-0.1, -0.05) is 71.7 Å². The number of aryl methyl sites for hydroxylation is 2. The van der Waals surface area contributed by atoms with E-state index in [4.69, 9.17) is 23.2 Å². The number of nitrogens with one attached hydrogen (secondary N) is 1. The molecule has 0 saturated heterocycles. The Morgan fingerprint density at radius 2 is 1.58 bits per heavy atom. The van der Waals surface area contributed by atoms with Crippen molar-refractivity contribution in [1.29, 1.82) is 0 Å². The highest BCUT2D eigenvalue weighted by molar-refractivity contribution is 7.92. The van der Waals surface area contributed by atoms with Gasteiger partial charge in [-0.05, 0) is 48.7 Å². The number of hydrogen-bond acceptors (Lipinski definition) is 4. The molecule has 10 heteroatoms. The maximum absolute atomic E-state index is 14.0. The third-order valence-corrected chi connectivity index (χ3v) is 8.05. The van der Waals surface area contributed by atoms with E-state index in [-0.39, 0.29) is 13.0 Å². The summed E-state index contributed by atoms with van der Waals surface area (Å²) in [6.07, 6.45) is 1.26. The van der Waals surface area contributed by atoms with Crippen molar-refractivity contribution in [2.45, 2.75) is 32.9 Å². The van der Waals surface area contributed by atoms with Crippen LogP contribution in [0.25, 0.3) is 0 Å². The van der Waals surface area contributed by atoms with E-state index in [9.17, 15) is 18.0 Å². The fraction of sp³-hybridized carbons (Fsp3) is 0.286. The van der Waals surface area contributed by atoms with E-state index in [0.717, 1.165) is 21.7 Å². The monoisotopic (exact) mass is 575 g/mol. The molecule has 1 atom stereocenters. The number of amides is 2. The standard InChI is InChI=1S/C28H31Cl2N3O4S/c1-19-13-14-20(2)25(15-19)33(38(4,36)37)18-27(34)32(17-22-23(29)11-8-12-24(22)30)26(28(35)31-3)16-21-9-6-5-7-10-21/h5-15,26H,16-18H2,1-4H3,(H,31,35)/t26-/m1/s1. The lowest BCUT2D eigenvalue weighted by Crippen LogP contribution is -2.53. The van der Waals surface area contributed by atoms with Crippen LogP contribution in [-0.2, 0) is 32.6 Å². The molecule has 202 valence electrons. The summed E-state index contributed by atoms with van der Waals surface area (Å²) in [5, 5.41) is 3.30. The van der Waals surface area contributed by atoms with Crippen molar-refractivity contribution in [2.24, 2.45) is 0 Å². The zero-order chi connectivity index (χ0) is 28.0. The Morgan fingerprint density at radius 3 is 2.16 bits per heavy atom. The van der Waals surface area contributed by atoms with Crippen molar-refractivity contribution in [3.63, 3.8) is 0 Å². The van der Waals surface area contributed by atoms with Crippen LogP contribution in [0.3, 0.4) is 0 Å². The number of carbonyl (C=O) groups is 2. The SMILES string of the molecule is CNC(=O)[C@@H](Cc1ccccc1)N(Cc1c(Cl)cccc1Cl)C(=O)CN(c1cc(C)ccc1C)S(C)(=O)=O. The topological polar surface area (TPSA) is 86.8 Å². The van der Waals surface area contributed by atoms with E-state index in [0.29, 0.717) is 26.9 Å². The number of benzene rings is 3. The second-order valence-electron chi connectivity index (χ2n) is 9.10. The Labute approximate surface area is 234 Å². The minimum atomic E-state index is -3.85. The number of likely N-dealkylation sites (N-methyl/N-ethyl adjacent to an activating group) is 1. The first-order valence-electron chi connectivity index (χ1n) is 11.9. The summed E-state index contributed by atoms with van der Waals surface area (Å²) in [7, 11) is -2.36. The second-order valence-corrected chi connectivity index (χ2v) is 11.8. The van der Waals surface area contributed by atoms with Crippen molar-refractivity contribution in [3.8, 4) is 0 Å². The normalized spacial score (nSPS) is 12.1. The highest BCUT2D eigenvalue weighted by atomic mass is 35.5. The van der Waals surface area contributed by atoms with Gasteiger partial charge in [0.25, 0.3) is 0 Å². The van der Waals surface area contributed by atoms with Crippen molar-refractivity contribution in [2.75, 3.05) is 24.2 Å². The lowest BCUT2D eigenvalue weighted by Gasteiger charge is -2.34. The van der Waals surface area contributed by atoms with Gasteiger partial charge in [0.05, 0.1) is 11.9 Å². The van der Waals surface area contributed by atoms with Crippen LogP contribution in [-0.4, -0.2) is 51.0 Å². The number of hydrogen-bond donors (Lipinski definition) is 1. The van der Waals surface area contributed by atoms with Crippen molar-refractivity contribution >= 4 is 50.7 Å². The number of halogens is 2. The molecule has 0 aliphatic rings. The predicted octanol–water partition coefficient (Wildman–Crippen LogP) is 4.76. The second kappa shape index (κ2) is 12.7. The van der Waals surface area contributed by atoms with Crippen LogP contribution in [0.1, 0.15) is 22.3 Å². The Bertz CT molecular complexity index is 1390. The van der Waals surface area contributed by atoms with Gasteiger partial charge in [-0.2, -0.15) is 0 Å². The third-order valence-electron chi connectivity index (χ3n) is 6.22. The Balaban J connectivity index is 2.10. The van der Waals surface area contributed by atoms with Gasteiger partial charge in [0.1, 0.15) is 12.6 Å². The highest BCUT2D eigenvalue weighted by Crippen LogP contribution is 2.29. The molecule has 0 spiro atoms. The van der Waals surface area contributed by atoms with E-state index < -0.39 is 34.4 Å². The quantitative estimate of drug-likeness (QED) is 0.377. The zero-order valence-electron chi connectivity index (χ0n) is 21.7. The summed E-state index contributed by atoms with van der Waals surface area (Å²) in [4.78, 5) is 28.5. The molecule has 3 rings (SSSR count). The van der Waals surface area contributed by atoms with Crippen LogP contribution in [0, 0.1) is 13.8 Å². The number of nitrogens with zero attached hydrogens (tertiary/aromatic N) is 2. The van der Waals surface area contributed by atoms with Crippen LogP contribution in [0.4, 0.5) is 5.69 Å². The molecular formula is C28H31Cl2N3O4S. The molecule has 3 aromatic rings. The van der Waals surface area contributed by atoms with Gasteiger partial charge in [0.2, 0.25) is 21.8 Å². The molecule has 0 heterocycles. The van der Waals surface area contributed by atoms with Gasteiger partial charge in [-0.15, -0.1) is 0 Å². The number of anilines is 1. The van der Waals surface area contributed by atoms with Gasteiger partial charge in [-0.25, -0.2) is 8.42 Å². The summed E-state index contributed by atoms with van der Waals surface area (Å²) < 4.78 is 26.9. The van der Waals surface area contributed by atoms with Crippen molar-refractivity contribution in [3.05, 3.63) is 99.0 Å².